The van der Waals surface area contributed by atoms with Gasteiger partial charge in [-0.25, -0.2) is 0 Å². The highest BCUT2D eigenvalue weighted by Crippen LogP contribution is 2.64. The van der Waals surface area contributed by atoms with E-state index in [0.29, 0.717) is 28.9 Å². The van der Waals surface area contributed by atoms with Crippen LogP contribution in [0.4, 0.5) is 0 Å². The lowest BCUT2D eigenvalue weighted by molar-refractivity contribution is 0.000861. The van der Waals surface area contributed by atoms with Crippen molar-refractivity contribution in [1.82, 2.24) is 0 Å². The van der Waals surface area contributed by atoms with E-state index in [9.17, 15) is 5.11 Å². The summed E-state index contributed by atoms with van der Waals surface area (Å²) < 4.78 is 17.0. The summed E-state index contributed by atoms with van der Waals surface area (Å²) in [5.41, 5.74) is 3.29. The monoisotopic (exact) mass is 450 g/mol. The van der Waals surface area contributed by atoms with Gasteiger partial charge in [0.25, 0.3) is 0 Å². The van der Waals surface area contributed by atoms with Gasteiger partial charge in [-0.15, -0.1) is 0 Å². The lowest BCUT2D eigenvalue weighted by Gasteiger charge is -2.53. The number of phenols is 1. The number of fused-ring (bicyclic) bond motifs is 5. The second kappa shape index (κ2) is 8.77. The van der Waals surface area contributed by atoms with Crippen LogP contribution < -0.4 is 14.2 Å². The fraction of sp³-hybridized carbons (Fsp3) is 0.586. The molecule has 2 fully saturated rings. The summed E-state index contributed by atoms with van der Waals surface area (Å²) in [4.78, 5) is 0. The van der Waals surface area contributed by atoms with E-state index < -0.39 is 0 Å². The summed E-state index contributed by atoms with van der Waals surface area (Å²) in [7, 11) is 3.34. The number of aromatic hydroxyl groups is 1. The fourth-order valence-electron chi connectivity index (χ4n) is 7.75. The van der Waals surface area contributed by atoms with E-state index in [4.69, 9.17) is 14.2 Å². The molecule has 0 aromatic heterocycles. The largest absolute Gasteiger partial charge is 0.508 e. The molecule has 2 saturated carbocycles. The van der Waals surface area contributed by atoms with E-state index in [0.717, 1.165) is 48.5 Å². The summed E-state index contributed by atoms with van der Waals surface area (Å²) in [5, 5.41) is 9.99. The van der Waals surface area contributed by atoms with E-state index >= 15 is 0 Å². The maximum Gasteiger partial charge on any atom is 0.164 e. The SMILES string of the molecule is COc1ccc(OCC[C@H]2CCC3C4C(CCC32C)c2ccc(O)cc2C[C@H]4C)c(OC)c1. The van der Waals surface area contributed by atoms with Crippen LogP contribution in [-0.4, -0.2) is 25.9 Å². The molecule has 3 aliphatic carbocycles. The summed E-state index contributed by atoms with van der Waals surface area (Å²) >= 11 is 0. The average molecular weight is 451 g/mol. The van der Waals surface area contributed by atoms with Crippen molar-refractivity contribution in [2.45, 2.75) is 58.3 Å². The molecule has 0 radical (unpaired) electrons. The first-order chi connectivity index (χ1) is 15.9. The van der Waals surface area contributed by atoms with Crippen molar-refractivity contribution in [2.75, 3.05) is 20.8 Å². The molecule has 2 aromatic carbocycles. The highest BCUT2D eigenvalue weighted by Gasteiger charge is 2.55. The second-order valence-corrected chi connectivity index (χ2v) is 10.8. The number of ether oxygens (including phenoxy) is 3. The van der Waals surface area contributed by atoms with Crippen LogP contribution in [0.1, 0.15) is 63.0 Å². The smallest absolute Gasteiger partial charge is 0.164 e. The molecule has 33 heavy (non-hydrogen) atoms. The van der Waals surface area contributed by atoms with Crippen LogP contribution >= 0.6 is 0 Å². The minimum absolute atomic E-state index is 0.400. The number of benzene rings is 2. The second-order valence-electron chi connectivity index (χ2n) is 10.8. The molecular formula is C29H38O4. The van der Waals surface area contributed by atoms with Gasteiger partial charge in [-0.05, 0) is 109 Å². The fourth-order valence-corrected chi connectivity index (χ4v) is 7.75. The molecule has 6 atom stereocenters. The Morgan fingerprint density at radius 1 is 1.00 bits per heavy atom. The highest BCUT2D eigenvalue weighted by molar-refractivity contribution is 5.45. The van der Waals surface area contributed by atoms with Crippen molar-refractivity contribution >= 4 is 0 Å². The first kappa shape index (κ1) is 22.4. The lowest BCUT2D eigenvalue weighted by Crippen LogP contribution is -2.45. The van der Waals surface area contributed by atoms with E-state index in [-0.39, 0.29) is 0 Å². The van der Waals surface area contributed by atoms with Gasteiger partial charge in [0.2, 0.25) is 0 Å². The number of methoxy groups -OCH3 is 2. The molecule has 0 spiro atoms. The molecular weight excluding hydrogens is 412 g/mol. The molecule has 0 heterocycles. The van der Waals surface area contributed by atoms with Gasteiger partial charge in [0.05, 0.1) is 20.8 Å². The van der Waals surface area contributed by atoms with Gasteiger partial charge >= 0.3 is 0 Å². The zero-order valence-electron chi connectivity index (χ0n) is 20.5. The van der Waals surface area contributed by atoms with Crippen molar-refractivity contribution in [3.05, 3.63) is 47.5 Å². The summed E-state index contributed by atoms with van der Waals surface area (Å²) in [6.07, 6.45) is 7.40. The molecule has 4 unspecified atom stereocenters. The minimum atomic E-state index is 0.400. The molecule has 178 valence electrons. The highest BCUT2D eigenvalue weighted by atomic mass is 16.5. The van der Waals surface area contributed by atoms with Crippen molar-refractivity contribution in [2.24, 2.45) is 29.1 Å². The first-order valence-corrected chi connectivity index (χ1v) is 12.6. The van der Waals surface area contributed by atoms with Gasteiger partial charge < -0.3 is 19.3 Å². The molecule has 4 heteroatoms. The summed E-state index contributed by atoms with van der Waals surface area (Å²) in [6, 6.07) is 11.9. The number of phenolic OH excluding ortho intramolecular Hbond substituents is 1. The van der Waals surface area contributed by atoms with E-state index in [2.05, 4.69) is 19.9 Å². The van der Waals surface area contributed by atoms with Crippen LogP contribution in [-0.2, 0) is 6.42 Å². The maximum atomic E-state index is 9.99. The Kier molecular flexibility index (Phi) is 5.96. The van der Waals surface area contributed by atoms with Gasteiger partial charge in [-0.1, -0.05) is 19.9 Å². The van der Waals surface area contributed by atoms with Crippen LogP contribution in [0.2, 0.25) is 0 Å². The molecule has 3 aliphatic rings. The quantitative estimate of drug-likeness (QED) is 0.539. The van der Waals surface area contributed by atoms with Crippen molar-refractivity contribution in [3.8, 4) is 23.0 Å². The first-order valence-electron chi connectivity index (χ1n) is 12.6. The number of hydrogen-bond acceptors (Lipinski definition) is 4. The number of rotatable bonds is 6. The molecule has 0 amide bonds. The topological polar surface area (TPSA) is 47.9 Å². The van der Waals surface area contributed by atoms with Crippen molar-refractivity contribution in [3.63, 3.8) is 0 Å². The van der Waals surface area contributed by atoms with Crippen LogP contribution in [0.3, 0.4) is 0 Å². The van der Waals surface area contributed by atoms with Crippen molar-refractivity contribution < 1.29 is 19.3 Å². The number of hydrogen-bond donors (Lipinski definition) is 1. The van der Waals surface area contributed by atoms with Gasteiger partial charge in [-0.2, -0.15) is 0 Å². The van der Waals surface area contributed by atoms with E-state index in [1.165, 1.54) is 36.8 Å². The Bertz CT molecular complexity index is 1000. The zero-order chi connectivity index (χ0) is 23.2. The van der Waals surface area contributed by atoms with Gasteiger partial charge in [0.1, 0.15) is 11.5 Å². The van der Waals surface area contributed by atoms with Gasteiger partial charge in [-0.3, -0.25) is 0 Å². The Hall–Kier alpha value is -2.36. The standard InChI is InChI=1S/C29H38O4/c1-18-15-19-16-21(30)6-8-23(19)24-11-13-29(2)20(5-9-25(29)28(18)24)12-14-33-26-10-7-22(31-3)17-27(26)32-4/h6-8,10,16-18,20,24-25,28,30H,5,9,11-15H2,1-4H3/t18-,20-,24?,25?,28?,29?/m1/s1. The average Bonchev–Trinajstić information content (AvgIpc) is 3.15. The van der Waals surface area contributed by atoms with E-state index in [1.807, 2.05) is 30.3 Å². The predicted octanol–water partition coefficient (Wildman–Crippen LogP) is 6.60. The third kappa shape index (κ3) is 3.86. The Balaban J connectivity index is 1.28. The Labute approximate surface area is 198 Å². The maximum absolute atomic E-state index is 9.99. The molecule has 0 aliphatic heterocycles. The molecule has 5 rings (SSSR count). The summed E-state index contributed by atoms with van der Waals surface area (Å²) in [6.45, 7) is 5.74. The van der Waals surface area contributed by atoms with Crippen molar-refractivity contribution in [1.29, 1.82) is 0 Å². The minimum Gasteiger partial charge on any atom is -0.508 e. The molecule has 1 N–H and O–H groups in total. The third-order valence-electron chi connectivity index (χ3n) is 9.35. The van der Waals surface area contributed by atoms with Crippen LogP contribution in [0.25, 0.3) is 0 Å². The zero-order valence-corrected chi connectivity index (χ0v) is 20.5. The van der Waals surface area contributed by atoms with Gasteiger partial charge in [0.15, 0.2) is 11.5 Å². The normalized spacial score (nSPS) is 32.4. The molecule has 4 nitrogen and oxygen atoms in total. The Morgan fingerprint density at radius 2 is 1.85 bits per heavy atom. The predicted molar refractivity (Wildman–Crippen MR) is 130 cm³/mol. The molecule has 0 saturated heterocycles. The summed E-state index contributed by atoms with van der Waals surface area (Å²) in [5.74, 6) is 6.29. The van der Waals surface area contributed by atoms with E-state index in [1.54, 1.807) is 14.2 Å². The Morgan fingerprint density at radius 3 is 2.64 bits per heavy atom. The van der Waals surface area contributed by atoms with Crippen LogP contribution in [0, 0.1) is 29.1 Å². The third-order valence-corrected chi connectivity index (χ3v) is 9.35. The van der Waals surface area contributed by atoms with Gasteiger partial charge in [0, 0.05) is 6.07 Å². The molecule has 0 bridgehead atoms. The molecule has 2 aromatic rings. The van der Waals surface area contributed by atoms with Crippen LogP contribution in [0.15, 0.2) is 36.4 Å². The lowest BCUT2D eigenvalue weighted by atomic mass is 9.51. The van der Waals surface area contributed by atoms with Crippen LogP contribution in [0.5, 0.6) is 23.0 Å².